The van der Waals surface area contributed by atoms with E-state index < -0.39 is 11.5 Å². The molecule has 0 spiro atoms. The summed E-state index contributed by atoms with van der Waals surface area (Å²) in [5.74, 6) is -0.680. The van der Waals surface area contributed by atoms with Crippen LogP contribution in [-0.4, -0.2) is 28.9 Å². The maximum Gasteiger partial charge on any atom is 0.254 e. The number of nitrogens with zero attached hydrogens (tertiary/aromatic N) is 2. The number of rotatable bonds is 2. The number of hydrogen-bond acceptors (Lipinski definition) is 2. The fourth-order valence-corrected chi connectivity index (χ4v) is 2.85. The smallest absolute Gasteiger partial charge is 0.254 e. The monoisotopic (exact) mass is 302 g/mol. The molecule has 5 heteroatoms. The third-order valence-corrected chi connectivity index (χ3v) is 3.99. The summed E-state index contributed by atoms with van der Waals surface area (Å²) in [4.78, 5) is 17.7. The number of carbonyl (C=O) groups excluding carboxylic acids is 1. The van der Waals surface area contributed by atoms with Crippen LogP contribution in [-0.2, 0) is 5.67 Å². The average Bonchev–Trinajstić information content (AvgIpc) is 2.90. The van der Waals surface area contributed by atoms with Crippen molar-refractivity contribution in [1.29, 1.82) is 0 Å². The molecule has 1 aromatic carbocycles. The number of likely N-dealkylation sites (tertiary alicyclic amines) is 1. The first-order valence-electron chi connectivity index (χ1n) is 7.14. The SMILES string of the molecule is Cc1cc(F)cc([C@]2(F)CCN(C(=O)c3ccncc3)C2)c1. The summed E-state index contributed by atoms with van der Waals surface area (Å²) < 4.78 is 28.7. The van der Waals surface area contributed by atoms with Gasteiger partial charge in [-0.05, 0) is 42.3 Å². The molecule has 22 heavy (non-hydrogen) atoms. The number of aromatic nitrogens is 1. The Hall–Kier alpha value is -2.30. The van der Waals surface area contributed by atoms with Crippen molar-refractivity contribution in [2.45, 2.75) is 19.0 Å². The first-order chi connectivity index (χ1) is 10.5. The van der Waals surface area contributed by atoms with Crippen LogP contribution in [0.25, 0.3) is 0 Å². The summed E-state index contributed by atoms with van der Waals surface area (Å²) >= 11 is 0. The summed E-state index contributed by atoms with van der Waals surface area (Å²) in [6.45, 7) is 1.98. The van der Waals surface area contributed by atoms with Gasteiger partial charge in [0.25, 0.3) is 5.91 Å². The number of alkyl halides is 1. The Bertz CT molecular complexity index is 685. The highest BCUT2D eigenvalue weighted by molar-refractivity contribution is 5.94. The van der Waals surface area contributed by atoms with Crippen molar-refractivity contribution in [1.82, 2.24) is 9.88 Å². The molecule has 1 amide bonds. The molecule has 0 N–H and O–H groups in total. The minimum Gasteiger partial charge on any atom is -0.335 e. The predicted molar refractivity (Wildman–Crippen MR) is 78.7 cm³/mol. The number of carbonyl (C=O) groups is 1. The number of benzene rings is 1. The van der Waals surface area contributed by atoms with Crippen LogP contribution in [0.3, 0.4) is 0 Å². The van der Waals surface area contributed by atoms with E-state index in [1.54, 1.807) is 25.1 Å². The van der Waals surface area contributed by atoms with Crippen molar-refractivity contribution in [3.8, 4) is 0 Å². The van der Waals surface area contributed by atoms with Gasteiger partial charge in [0.2, 0.25) is 0 Å². The zero-order chi connectivity index (χ0) is 15.7. The molecule has 0 radical (unpaired) electrons. The fourth-order valence-electron chi connectivity index (χ4n) is 2.85. The van der Waals surface area contributed by atoms with E-state index in [9.17, 15) is 9.18 Å². The van der Waals surface area contributed by atoms with E-state index in [0.717, 1.165) is 0 Å². The van der Waals surface area contributed by atoms with Gasteiger partial charge < -0.3 is 4.90 Å². The van der Waals surface area contributed by atoms with Gasteiger partial charge in [0, 0.05) is 30.9 Å². The molecular formula is C17H16F2N2O. The largest absolute Gasteiger partial charge is 0.335 e. The third-order valence-electron chi connectivity index (χ3n) is 3.99. The third kappa shape index (κ3) is 2.71. The highest BCUT2D eigenvalue weighted by Gasteiger charge is 2.42. The maximum atomic E-state index is 15.2. The van der Waals surface area contributed by atoms with Crippen molar-refractivity contribution < 1.29 is 13.6 Å². The van der Waals surface area contributed by atoms with Crippen LogP contribution in [0.15, 0.2) is 42.7 Å². The molecule has 0 saturated carbocycles. The molecule has 1 aromatic heterocycles. The molecule has 1 saturated heterocycles. The minimum absolute atomic E-state index is 0.0585. The van der Waals surface area contributed by atoms with Gasteiger partial charge in [-0.3, -0.25) is 9.78 Å². The average molecular weight is 302 g/mol. The Morgan fingerprint density at radius 1 is 1.27 bits per heavy atom. The Labute approximate surface area is 127 Å². The highest BCUT2D eigenvalue weighted by atomic mass is 19.1. The molecule has 0 bridgehead atoms. The van der Waals surface area contributed by atoms with Crippen LogP contribution < -0.4 is 0 Å². The van der Waals surface area contributed by atoms with Crippen molar-refractivity contribution in [2.75, 3.05) is 13.1 Å². The van der Waals surface area contributed by atoms with E-state index in [0.29, 0.717) is 23.2 Å². The standard InChI is InChI=1S/C17H16F2N2O/c1-12-8-14(10-15(18)9-12)17(19)4-7-21(11-17)16(22)13-2-5-20-6-3-13/h2-3,5-6,8-10H,4,7,11H2,1H3/t17-/m0/s1. The van der Waals surface area contributed by atoms with E-state index in [4.69, 9.17) is 0 Å². The Morgan fingerprint density at radius 2 is 2.00 bits per heavy atom. The number of pyridine rings is 1. The Balaban J connectivity index is 1.83. The first kappa shape index (κ1) is 14.6. The van der Waals surface area contributed by atoms with Crippen molar-refractivity contribution in [3.63, 3.8) is 0 Å². The van der Waals surface area contributed by atoms with Gasteiger partial charge >= 0.3 is 0 Å². The van der Waals surface area contributed by atoms with Crippen molar-refractivity contribution >= 4 is 5.91 Å². The van der Waals surface area contributed by atoms with Crippen LogP contribution in [0.4, 0.5) is 8.78 Å². The second-order valence-corrected chi connectivity index (χ2v) is 5.70. The van der Waals surface area contributed by atoms with Crippen molar-refractivity contribution in [3.05, 3.63) is 65.2 Å². The van der Waals surface area contributed by atoms with E-state index in [2.05, 4.69) is 4.98 Å². The van der Waals surface area contributed by atoms with Crippen LogP contribution >= 0.6 is 0 Å². The first-order valence-corrected chi connectivity index (χ1v) is 7.14. The molecule has 1 aliphatic rings. The molecule has 2 aromatic rings. The van der Waals surface area contributed by atoms with E-state index >= 15 is 4.39 Å². The number of halogens is 2. The molecular weight excluding hydrogens is 286 g/mol. The van der Waals surface area contributed by atoms with E-state index in [1.165, 1.54) is 29.4 Å². The summed E-state index contributed by atoms with van der Waals surface area (Å²) in [6, 6.07) is 7.43. The van der Waals surface area contributed by atoms with Crippen LogP contribution in [0.1, 0.15) is 27.9 Å². The van der Waals surface area contributed by atoms with Gasteiger partial charge in [0.05, 0.1) is 6.54 Å². The second-order valence-electron chi connectivity index (χ2n) is 5.70. The lowest BCUT2D eigenvalue weighted by Crippen LogP contribution is -2.32. The maximum absolute atomic E-state index is 15.2. The van der Waals surface area contributed by atoms with Crippen molar-refractivity contribution in [2.24, 2.45) is 0 Å². The minimum atomic E-state index is -1.70. The lowest BCUT2D eigenvalue weighted by Gasteiger charge is -2.22. The van der Waals surface area contributed by atoms with Crippen LogP contribution in [0.5, 0.6) is 0 Å². The molecule has 1 aliphatic heterocycles. The zero-order valence-corrected chi connectivity index (χ0v) is 12.2. The van der Waals surface area contributed by atoms with Crippen LogP contribution in [0, 0.1) is 12.7 Å². The number of aryl methyl sites for hydroxylation is 1. The topological polar surface area (TPSA) is 33.2 Å². The van der Waals surface area contributed by atoms with Gasteiger partial charge in [-0.1, -0.05) is 6.07 Å². The highest BCUT2D eigenvalue weighted by Crippen LogP contribution is 2.37. The van der Waals surface area contributed by atoms with Gasteiger partial charge in [-0.2, -0.15) is 0 Å². The van der Waals surface area contributed by atoms with E-state index in [-0.39, 0.29) is 18.9 Å². The molecule has 0 unspecified atom stereocenters. The predicted octanol–water partition coefficient (Wildman–Crippen LogP) is 3.24. The molecule has 114 valence electrons. The van der Waals surface area contributed by atoms with Crippen LogP contribution in [0.2, 0.25) is 0 Å². The molecule has 3 nitrogen and oxygen atoms in total. The lowest BCUT2D eigenvalue weighted by molar-refractivity contribution is 0.0750. The summed E-state index contributed by atoms with van der Waals surface area (Å²) in [5, 5.41) is 0. The molecule has 1 atom stereocenters. The molecule has 1 fully saturated rings. The fraction of sp³-hybridized carbons (Fsp3) is 0.294. The molecule has 2 heterocycles. The quantitative estimate of drug-likeness (QED) is 0.853. The van der Waals surface area contributed by atoms with Gasteiger partial charge in [0.1, 0.15) is 5.82 Å². The summed E-state index contributed by atoms with van der Waals surface area (Å²) in [6.07, 6.45) is 3.23. The van der Waals surface area contributed by atoms with Gasteiger partial charge in [-0.25, -0.2) is 8.78 Å². The summed E-state index contributed by atoms with van der Waals surface area (Å²) in [5.41, 5.74) is -0.245. The van der Waals surface area contributed by atoms with Gasteiger partial charge in [0.15, 0.2) is 5.67 Å². The Morgan fingerprint density at radius 3 is 2.68 bits per heavy atom. The van der Waals surface area contributed by atoms with Gasteiger partial charge in [-0.15, -0.1) is 0 Å². The van der Waals surface area contributed by atoms with E-state index in [1.807, 2.05) is 0 Å². The number of amides is 1. The summed E-state index contributed by atoms with van der Waals surface area (Å²) in [7, 11) is 0. The number of hydrogen-bond donors (Lipinski definition) is 0. The Kier molecular flexibility index (Phi) is 3.64. The second kappa shape index (κ2) is 5.48. The normalized spacial score (nSPS) is 21.1. The lowest BCUT2D eigenvalue weighted by atomic mass is 9.93. The molecule has 3 rings (SSSR count). The molecule has 0 aliphatic carbocycles. The zero-order valence-electron chi connectivity index (χ0n) is 12.2.